The third-order valence-corrected chi connectivity index (χ3v) is 4.13. The number of nitrogens with zero attached hydrogens (tertiary/aromatic N) is 3. The maximum Gasteiger partial charge on any atom is 0.317 e. The van der Waals surface area contributed by atoms with Gasteiger partial charge >= 0.3 is 6.03 Å². The minimum atomic E-state index is 0.0622. The van der Waals surface area contributed by atoms with Gasteiger partial charge in [-0.05, 0) is 26.3 Å². The van der Waals surface area contributed by atoms with E-state index in [-0.39, 0.29) is 12.1 Å². The van der Waals surface area contributed by atoms with Gasteiger partial charge in [-0.1, -0.05) is 0 Å². The molecule has 19 heavy (non-hydrogen) atoms. The molecule has 2 heterocycles. The molecule has 1 aromatic rings. The van der Waals surface area contributed by atoms with Crippen LogP contribution in [0, 0.1) is 0 Å². The minimum Gasteiger partial charge on any atom is -0.331 e. The van der Waals surface area contributed by atoms with Crippen LogP contribution >= 0.6 is 0 Å². The smallest absolute Gasteiger partial charge is 0.317 e. The molecule has 3 rings (SSSR count). The number of nitrogens with one attached hydrogen (secondary N) is 2. The quantitative estimate of drug-likeness (QED) is 0.785. The first-order valence-corrected chi connectivity index (χ1v) is 7.00. The Morgan fingerprint density at radius 3 is 3.00 bits per heavy atom. The van der Waals surface area contributed by atoms with Crippen LogP contribution in [0.1, 0.15) is 30.1 Å². The Morgan fingerprint density at radius 1 is 1.42 bits per heavy atom. The third kappa shape index (κ3) is 2.58. The van der Waals surface area contributed by atoms with Gasteiger partial charge in [0.1, 0.15) is 0 Å². The number of urea groups is 1. The van der Waals surface area contributed by atoms with E-state index in [9.17, 15) is 4.79 Å². The van der Waals surface area contributed by atoms with Gasteiger partial charge in [-0.3, -0.25) is 5.10 Å². The Kier molecular flexibility index (Phi) is 3.42. The lowest BCUT2D eigenvalue weighted by Crippen LogP contribution is -2.51. The van der Waals surface area contributed by atoms with Crippen LogP contribution in [0.2, 0.25) is 0 Å². The highest BCUT2D eigenvalue weighted by Gasteiger charge is 2.26. The van der Waals surface area contributed by atoms with Crippen molar-refractivity contribution in [3.63, 3.8) is 0 Å². The number of carbonyl (C=O) groups is 1. The van der Waals surface area contributed by atoms with Crippen molar-refractivity contribution in [2.24, 2.45) is 0 Å². The van der Waals surface area contributed by atoms with Crippen molar-refractivity contribution in [2.45, 2.75) is 25.3 Å². The number of hydrogen-bond acceptors (Lipinski definition) is 3. The Balaban J connectivity index is 1.62. The average Bonchev–Trinajstić information content (AvgIpc) is 2.89. The number of aromatic nitrogens is 2. The van der Waals surface area contributed by atoms with Crippen molar-refractivity contribution in [2.75, 3.05) is 33.2 Å². The summed E-state index contributed by atoms with van der Waals surface area (Å²) < 4.78 is 0. The van der Waals surface area contributed by atoms with Crippen LogP contribution in [-0.4, -0.2) is 59.3 Å². The zero-order chi connectivity index (χ0) is 13.2. The number of amides is 2. The highest BCUT2D eigenvalue weighted by molar-refractivity contribution is 5.75. The molecule has 0 aromatic carbocycles. The second-order valence-electron chi connectivity index (χ2n) is 5.49. The zero-order valence-electron chi connectivity index (χ0n) is 11.4. The summed E-state index contributed by atoms with van der Waals surface area (Å²) in [5, 5.41) is 10.3. The molecule has 0 spiro atoms. The number of aromatic amines is 1. The lowest BCUT2D eigenvalue weighted by atomic mass is 9.93. The summed E-state index contributed by atoms with van der Waals surface area (Å²) in [7, 11) is 2.09. The normalized spacial score (nSPS) is 24.1. The molecule has 2 amide bonds. The standard InChI is InChI=1S/C13H21N5O/c1-17-5-7-18(8-6-17)13(19)15-11-3-2-4-12-10(11)9-14-16-12/h9,11H,2-8H2,1H3,(H,14,16)(H,15,19). The Labute approximate surface area is 113 Å². The first kappa shape index (κ1) is 12.5. The van der Waals surface area contributed by atoms with Gasteiger partial charge in [-0.15, -0.1) is 0 Å². The van der Waals surface area contributed by atoms with Crippen molar-refractivity contribution in [1.29, 1.82) is 0 Å². The number of rotatable bonds is 1. The highest BCUT2D eigenvalue weighted by Crippen LogP contribution is 2.28. The molecule has 0 bridgehead atoms. The molecular formula is C13H21N5O. The van der Waals surface area contributed by atoms with Crippen LogP contribution in [0.3, 0.4) is 0 Å². The third-order valence-electron chi connectivity index (χ3n) is 4.13. The molecular weight excluding hydrogens is 242 g/mol. The molecule has 6 heteroatoms. The second kappa shape index (κ2) is 5.21. The van der Waals surface area contributed by atoms with E-state index in [4.69, 9.17) is 0 Å². The number of fused-ring (bicyclic) bond motifs is 1. The van der Waals surface area contributed by atoms with Gasteiger partial charge in [0.05, 0.1) is 12.2 Å². The first-order valence-electron chi connectivity index (χ1n) is 7.00. The summed E-state index contributed by atoms with van der Waals surface area (Å²) in [5.74, 6) is 0. The molecule has 1 fully saturated rings. The number of aryl methyl sites for hydroxylation is 1. The van der Waals surface area contributed by atoms with Crippen LogP contribution in [0.4, 0.5) is 4.79 Å². The summed E-state index contributed by atoms with van der Waals surface area (Å²) in [6.45, 7) is 3.53. The SMILES string of the molecule is CN1CCN(C(=O)NC2CCCc3[nH]ncc32)CC1. The Hall–Kier alpha value is -1.56. The van der Waals surface area contributed by atoms with Crippen molar-refractivity contribution >= 4 is 6.03 Å². The van der Waals surface area contributed by atoms with Gasteiger partial charge < -0.3 is 15.1 Å². The molecule has 1 atom stereocenters. The monoisotopic (exact) mass is 263 g/mol. The van der Waals surface area contributed by atoms with E-state index in [1.54, 1.807) is 0 Å². The van der Waals surface area contributed by atoms with E-state index in [2.05, 4.69) is 27.5 Å². The fourth-order valence-corrected chi connectivity index (χ4v) is 2.86. The van der Waals surface area contributed by atoms with Crippen molar-refractivity contribution in [3.8, 4) is 0 Å². The van der Waals surface area contributed by atoms with Gasteiger partial charge in [0.25, 0.3) is 0 Å². The van der Waals surface area contributed by atoms with E-state index < -0.39 is 0 Å². The van der Waals surface area contributed by atoms with E-state index in [1.807, 2.05) is 11.1 Å². The van der Waals surface area contributed by atoms with Gasteiger partial charge in [0.2, 0.25) is 0 Å². The topological polar surface area (TPSA) is 64.3 Å². The molecule has 1 saturated heterocycles. The number of likely N-dealkylation sites (N-methyl/N-ethyl adjacent to an activating group) is 1. The van der Waals surface area contributed by atoms with Crippen LogP contribution < -0.4 is 5.32 Å². The van der Waals surface area contributed by atoms with Gasteiger partial charge in [0, 0.05) is 37.4 Å². The number of piperazine rings is 1. The van der Waals surface area contributed by atoms with Gasteiger partial charge in [-0.25, -0.2) is 4.79 Å². The zero-order valence-corrected chi connectivity index (χ0v) is 11.4. The second-order valence-corrected chi connectivity index (χ2v) is 5.49. The molecule has 104 valence electrons. The number of carbonyl (C=O) groups excluding carboxylic acids is 1. The van der Waals surface area contributed by atoms with E-state index >= 15 is 0 Å². The largest absolute Gasteiger partial charge is 0.331 e. The number of H-pyrrole nitrogens is 1. The maximum absolute atomic E-state index is 12.3. The molecule has 2 N–H and O–H groups in total. The fourth-order valence-electron chi connectivity index (χ4n) is 2.86. The molecule has 1 unspecified atom stereocenters. The Bertz CT molecular complexity index is 450. The lowest BCUT2D eigenvalue weighted by molar-refractivity contribution is 0.151. The molecule has 1 aromatic heterocycles. The molecule has 0 radical (unpaired) electrons. The van der Waals surface area contributed by atoms with E-state index in [0.29, 0.717) is 0 Å². The Morgan fingerprint density at radius 2 is 2.21 bits per heavy atom. The number of hydrogen-bond donors (Lipinski definition) is 2. The van der Waals surface area contributed by atoms with E-state index in [0.717, 1.165) is 51.0 Å². The van der Waals surface area contributed by atoms with Crippen LogP contribution in [0.5, 0.6) is 0 Å². The van der Waals surface area contributed by atoms with Crippen LogP contribution in [0.15, 0.2) is 6.20 Å². The van der Waals surface area contributed by atoms with Crippen LogP contribution in [0.25, 0.3) is 0 Å². The summed E-state index contributed by atoms with van der Waals surface area (Å²) in [6.07, 6.45) is 4.99. The predicted octanol–water partition coefficient (Wildman–Crippen LogP) is 0.744. The van der Waals surface area contributed by atoms with E-state index in [1.165, 1.54) is 5.69 Å². The summed E-state index contributed by atoms with van der Waals surface area (Å²) in [4.78, 5) is 16.4. The van der Waals surface area contributed by atoms with Gasteiger partial charge in [-0.2, -0.15) is 5.10 Å². The first-order chi connectivity index (χ1) is 9.24. The van der Waals surface area contributed by atoms with Gasteiger partial charge in [0.15, 0.2) is 0 Å². The van der Waals surface area contributed by atoms with Crippen molar-refractivity contribution < 1.29 is 4.79 Å². The predicted molar refractivity (Wildman–Crippen MR) is 71.9 cm³/mol. The van der Waals surface area contributed by atoms with Crippen molar-refractivity contribution in [1.82, 2.24) is 25.3 Å². The highest BCUT2D eigenvalue weighted by atomic mass is 16.2. The molecule has 1 aliphatic heterocycles. The summed E-state index contributed by atoms with van der Waals surface area (Å²) in [5.41, 5.74) is 2.34. The molecule has 2 aliphatic rings. The van der Waals surface area contributed by atoms with Crippen molar-refractivity contribution in [3.05, 3.63) is 17.5 Å². The maximum atomic E-state index is 12.3. The molecule has 1 aliphatic carbocycles. The summed E-state index contributed by atoms with van der Waals surface area (Å²) in [6, 6.07) is 0.182. The fraction of sp³-hybridized carbons (Fsp3) is 0.692. The summed E-state index contributed by atoms with van der Waals surface area (Å²) >= 11 is 0. The molecule has 6 nitrogen and oxygen atoms in total. The minimum absolute atomic E-state index is 0.0622. The molecule has 0 saturated carbocycles. The average molecular weight is 263 g/mol. The van der Waals surface area contributed by atoms with Crippen LogP contribution in [-0.2, 0) is 6.42 Å². The lowest BCUT2D eigenvalue weighted by Gasteiger charge is -2.34.